The minimum atomic E-state index is 0. The Balaban J connectivity index is 0.00000220. The highest BCUT2D eigenvalue weighted by molar-refractivity contribution is 6.30. The van der Waals surface area contributed by atoms with Crippen LogP contribution < -0.4 is 10.1 Å². The lowest BCUT2D eigenvalue weighted by Crippen LogP contribution is -2.13. The molecule has 0 saturated carbocycles. The fourth-order valence-corrected chi connectivity index (χ4v) is 2.15. The van der Waals surface area contributed by atoms with Gasteiger partial charge in [0.25, 0.3) is 0 Å². The van der Waals surface area contributed by atoms with Crippen LogP contribution in [0.3, 0.4) is 0 Å². The van der Waals surface area contributed by atoms with Crippen LogP contribution in [-0.4, -0.2) is 6.54 Å². The van der Waals surface area contributed by atoms with E-state index in [9.17, 15) is 0 Å². The van der Waals surface area contributed by atoms with Crippen molar-refractivity contribution in [2.75, 3.05) is 6.54 Å². The molecular formula is C16H18Cl3NO. The second-order valence-electron chi connectivity index (χ2n) is 4.45. The third-order valence-corrected chi connectivity index (χ3v) is 3.38. The second-order valence-corrected chi connectivity index (χ2v) is 5.32. The first-order valence-electron chi connectivity index (χ1n) is 6.55. The van der Waals surface area contributed by atoms with E-state index in [-0.39, 0.29) is 12.4 Å². The number of benzene rings is 2. The Morgan fingerprint density at radius 1 is 1.00 bits per heavy atom. The Morgan fingerprint density at radius 2 is 1.67 bits per heavy atom. The van der Waals surface area contributed by atoms with Crippen molar-refractivity contribution in [3.8, 4) is 5.75 Å². The Bertz CT molecular complexity index is 558. The molecule has 0 heterocycles. The highest BCUT2D eigenvalue weighted by Gasteiger charge is 2.05. The zero-order chi connectivity index (χ0) is 14.4. The van der Waals surface area contributed by atoms with Gasteiger partial charge in [-0.15, -0.1) is 12.4 Å². The number of hydrogen-bond acceptors (Lipinski definition) is 2. The zero-order valence-electron chi connectivity index (χ0n) is 11.7. The molecule has 0 fully saturated rings. The van der Waals surface area contributed by atoms with Crippen LogP contribution in [0.4, 0.5) is 0 Å². The van der Waals surface area contributed by atoms with Gasteiger partial charge in [-0.05, 0) is 42.4 Å². The molecule has 1 N–H and O–H groups in total. The summed E-state index contributed by atoms with van der Waals surface area (Å²) < 4.78 is 5.87. The highest BCUT2D eigenvalue weighted by Crippen LogP contribution is 2.24. The molecule has 114 valence electrons. The van der Waals surface area contributed by atoms with Gasteiger partial charge >= 0.3 is 0 Å². The molecule has 21 heavy (non-hydrogen) atoms. The summed E-state index contributed by atoms with van der Waals surface area (Å²) in [5, 5.41) is 4.73. The van der Waals surface area contributed by atoms with Gasteiger partial charge < -0.3 is 10.1 Å². The summed E-state index contributed by atoms with van der Waals surface area (Å²) in [7, 11) is 0. The molecule has 5 heteroatoms. The van der Waals surface area contributed by atoms with Gasteiger partial charge in [0.15, 0.2) is 0 Å². The summed E-state index contributed by atoms with van der Waals surface area (Å²) in [6.07, 6.45) is 0. The SMILES string of the molecule is CCNCc1cc(Cl)ccc1OCc1ccc(Cl)cc1.Cl. The lowest BCUT2D eigenvalue weighted by atomic mass is 10.2. The zero-order valence-corrected chi connectivity index (χ0v) is 14.1. The molecule has 2 nitrogen and oxygen atoms in total. The van der Waals surface area contributed by atoms with E-state index in [1.165, 1.54) is 0 Å². The molecule has 0 aromatic heterocycles. The van der Waals surface area contributed by atoms with Crippen LogP contribution in [0.2, 0.25) is 10.0 Å². The molecule has 2 aromatic carbocycles. The van der Waals surface area contributed by atoms with Crippen LogP contribution >= 0.6 is 35.6 Å². The van der Waals surface area contributed by atoms with Crippen LogP contribution in [0.15, 0.2) is 42.5 Å². The predicted octanol–water partition coefficient (Wildman–Crippen LogP) is 5.10. The maximum Gasteiger partial charge on any atom is 0.124 e. The summed E-state index contributed by atoms with van der Waals surface area (Å²) in [5.74, 6) is 0.852. The van der Waals surface area contributed by atoms with E-state index in [1.807, 2.05) is 42.5 Å². The number of rotatable bonds is 6. The smallest absolute Gasteiger partial charge is 0.124 e. The molecule has 0 atom stereocenters. The molecule has 0 spiro atoms. The number of hydrogen-bond donors (Lipinski definition) is 1. The van der Waals surface area contributed by atoms with E-state index in [1.54, 1.807) is 0 Å². The first-order valence-corrected chi connectivity index (χ1v) is 7.31. The van der Waals surface area contributed by atoms with Gasteiger partial charge in [-0.3, -0.25) is 0 Å². The topological polar surface area (TPSA) is 21.3 Å². The van der Waals surface area contributed by atoms with E-state index < -0.39 is 0 Å². The van der Waals surface area contributed by atoms with Crippen molar-refractivity contribution >= 4 is 35.6 Å². The van der Waals surface area contributed by atoms with Crippen molar-refractivity contribution in [2.45, 2.75) is 20.1 Å². The van der Waals surface area contributed by atoms with E-state index in [4.69, 9.17) is 27.9 Å². The molecular weight excluding hydrogens is 329 g/mol. The van der Waals surface area contributed by atoms with Crippen LogP contribution in [0.5, 0.6) is 5.75 Å². The lowest BCUT2D eigenvalue weighted by molar-refractivity contribution is 0.302. The minimum Gasteiger partial charge on any atom is -0.489 e. The summed E-state index contributed by atoms with van der Waals surface area (Å²) >= 11 is 11.9. The summed E-state index contributed by atoms with van der Waals surface area (Å²) in [6, 6.07) is 13.3. The molecule has 0 aliphatic carbocycles. The lowest BCUT2D eigenvalue weighted by Gasteiger charge is -2.12. The van der Waals surface area contributed by atoms with Crippen LogP contribution in [0.1, 0.15) is 18.1 Å². The number of halogens is 3. The normalized spacial score (nSPS) is 10.0. The molecule has 0 aliphatic heterocycles. The van der Waals surface area contributed by atoms with Crippen molar-refractivity contribution in [1.82, 2.24) is 5.32 Å². The van der Waals surface area contributed by atoms with E-state index in [2.05, 4.69) is 12.2 Å². The number of nitrogens with one attached hydrogen (secondary N) is 1. The van der Waals surface area contributed by atoms with Gasteiger partial charge in [0.05, 0.1) is 0 Å². The average Bonchev–Trinajstić information content (AvgIpc) is 2.46. The quantitative estimate of drug-likeness (QED) is 0.785. The standard InChI is InChI=1S/C16H17Cl2NO.ClH/c1-2-19-10-13-9-15(18)7-8-16(13)20-11-12-3-5-14(17)6-4-12;/h3-9,19H,2,10-11H2,1H3;1H. The van der Waals surface area contributed by atoms with Crippen LogP contribution in [-0.2, 0) is 13.2 Å². The Hall–Kier alpha value is -0.930. The Kier molecular flexibility index (Phi) is 7.91. The van der Waals surface area contributed by atoms with Gasteiger partial charge in [0, 0.05) is 22.2 Å². The Labute approximate surface area is 141 Å². The first-order chi connectivity index (χ1) is 9.69. The average molecular weight is 347 g/mol. The van der Waals surface area contributed by atoms with E-state index >= 15 is 0 Å². The molecule has 0 bridgehead atoms. The van der Waals surface area contributed by atoms with Gasteiger partial charge in [0.1, 0.15) is 12.4 Å². The second kappa shape index (κ2) is 9.16. The predicted molar refractivity (Wildman–Crippen MR) is 91.9 cm³/mol. The summed E-state index contributed by atoms with van der Waals surface area (Å²) in [5.41, 5.74) is 2.15. The summed E-state index contributed by atoms with van der Waals surface area (Å²) in [6.45, 7) is 4.23. The third-order valence-electron chi connectivity index (χ3n) is 2.90. The van der Waals surface area contributed by atoms with E-state index in [0.717, 1.165) is 40.0 Å². The maximum absolute atomic E-state index is 6.03. The Morgan fingerprint density at radius 3 is 2.33 bits per heavy atom. The fourth-order valence-electron chi connectivity index (χ4n) is 1.83. The van der Waals surface area contributed by atoms with Crippen molar-refractivity contribution in [3.05, 3.63) is 63.6 Å². The van der Waals surface area contributed by atoms with E-state index in [0.29, 0.717) is 6.61 Å². The van der Waals surface area contributed by atoms with Crippen LogP contribution in [0, 0.1) is 0 Å². The molecule has 0 radical (unpaired) electrons. The molecule has 0 amide bonds. The summed E-state index contributed by atoms with van der Waals surface area (Å²) in [4.78, 5) is 0. The molecule has 0 aliphatic rings. The first kappa shape index (κ1) is 18.1. The molecule has 0 unspecified atom stereocenters. The molecule has 2 aromatic rings. The van der Waals surface area contributed by atoms with Crippen molar-refractivity contribution < 1.29 is 4.74 Å². The molecule has 2 rings (SSSR count). The third kappa shape index (κ3) is 5.76. The minimum absolute atomic E-state index is 0. The van der Waals surface area contributed by atoms with Crippen molar-refractivity contribution in [1.29, 1.82) is 0 Å². The maximum atomic E-state index is 6.03. The van der Waals surface area contributed by atoms with Crippen molar-refractivity contribution in [3.63, 3.8) is 0 Å². The van der Waals surface area contributed by atoms with Crippen molar-refractivity contribution in [2.24, 2.45) is 0 Å². The van der Waals surface area contributed by atoms with Gasteiger partial charge in [0.2, 0.25) is 0 Å². The van der Waals surface area contributed by atoms with Crippen LogP contribution in [0.25, 0.3) is 0 Å². The number of ether oxygens (including phenoxy) is 1. The van der Waals surface area contributed by atoms with Gasteiger partial charge in [-0.25, -0.2) is 0 Å². The highest BCUT2D eigenvalue weighted by atomic mass is 35.5. The fraction of sp³-hybridized carbons (Fsp3) is 0.250. The van der Waals surface area contributed by atoms with Gasteiger partial charge in [-0.1, -0.05) is 42.3 Å². The monoisotopic (exact) mass is 345 g/mol. The van der Waals surface area contributed by atoms with Gasteiger partial charge in [-0.2, -0.15) is 0 Å². The molecule has 0 saturated heterocycles. The largest absolute Gasteiger partial charge is 0.489 e.